The van der Waals surface area contributed by atoms with Gasteiger partial charge in [0, 0.05) is 22.9 Å². The number of hydrogen-bond acceptors (Lipinski definition) is 10. The summed E-state index contributed by atoms with van der Waals surface area (Å²) in [5.74, 6) is 0.0848. The van der Waals surface area contributed by atoms with E-state index in [1.807, 2.05) is 11.6 Å². The van der Waals surface area contributed by atoms with Crippen molar-refractivity contribution in [2.75, 3.05) is 24.3 Å². The number of carbonyl (C=O) groups is 3. The zero-order valence-corrected chi connectivity index (χ0v) is 24.0. The third-order valence-corrected chi connectivity index (χ3v) is 9.41. The average Bonchev–Trinajstić information content (AvgIpc) is 3.52. The Labute approximate surface area is 228 Å². The minimum absolute atomic E-state index is 0.0547. The maximum atomic E-state index is 12.9. The topological polar surface area (TPSA) is 112 Å². The van der Waals surface area contributed by atoms with Crippen molar-refractivity contribution in [1.82, 2.24) is 14.8 Å². The minimum atomic E-state index is -0.596. The largest absolute Gasteiger partial charge is 0.462 e. The summed E-state index contributed by atoms with van der Waals surface area (Å²) in [6.45, 7) is 7.71. The van der Waals surface area contributed by atoms with Gasteiger partial charge < -0.3 is 19.4 Å². The number of esters is 2. The molecular formula is C25H30N4O5S3. The molecule has 0 radical (unpaired) electrons. The lowest BCUT2D eigenvalue weighted by Gasteiger charge is -2.18. The van der Waals surface area contributed by atoms with Crippen molar-refractivity contribution in [3.63, 3.8) is 0 Å². The predicted molar refractivity (Wildman–Crippen MR) is 146 cm³/mol. The van der Waals surface area contributed by atoms with Gasteiger partial charge in [-0.15, -0.1) is 32.9 Å². The summed E-state index contributed by atoms with van der Waals surface area (Å²) >= 11 is 4.05. The number of carbonyl (C=O) groups excluding carboxylic acids is 3. The molecule has 0 saturated carbocycles. The van der Waals surface area contributed by atoms with Crippen LogP contribution >= 0.6 is 34.4 Å². The Morgan fingerprint density at radius 2 is 1.92 bits per heavy atom. The van der Waals surface area contributed by atoms with Crippen molar-refractivity contribution in [2.24, 2.45) is 13.0 Å². The first-order valence-electron chi connectivity index (χ1n) is 12.1. The molecule has 1 amide bonds. The third-order valence-electron chi connectivity index (χ3n) is 6.15. The van der Waals surface area contributed by atoms with Crippen molar-refractivity contribution < 1.29 is 23.9 Å². The maximum absolute atomic E-state index is 12.9. The number of amides is 1. The molecule has 3 aromatic rings. The summed E-state index contributed by atoms with van der Waals surface area (Å²) in [4.78, 5) is 39.5. The number of thiophene rings is 2. The van der Waals surface area contributed by atoms with Crippen molar-refractivity contribution in [1.29, 1.82) is 0 Å². The van der Waals surface area contributed by atoms with Crippen LogP contribution in [0.4, 0.5) is 5.00 Å². The number of fused-ring (bicyclic) bond motifs is 1. The maximum Gasteiger partial charge on any atom is 0.348 e. The van der Waals surface area contributed by atoms with Crippen LogP contribution in [0.1, 0.15) is 63.2 Å². The number of nitrogens with zero attached hydrogens (tertiary/aromatic N) is 3. The summed E-state index contributed by atoms with van der Waals surface area (Å²) in [5.41, 5.74) is 3.09. The number of ether oxygens (including phenoxy) is 2. The Hall–Kier alpha value is -2.70. The molecular weight excluding hydrogens is 532 g/mol. The molecule has 0 bridgehead atoms. The molecule has 3 aromatic heterocycles. The Bertz CT molecular complexity index is 1330. The SMILES string of the molecule is CCOC(=O)c1sc(NC(=O)CSc2nnc(-c3csc4c3CCC(C)C4)n2C)c(C(=O)OCC)c1C. The Balaban J connectivity index is 1.48. The molecule has 12 heteroatoms. The fraction of sp³-hybridized carbons (Fsp3) is 0.480. The Morgan fingerprint density at radius 3 is 2.65 bits per heavy atom. The van der Waals surface area contributed by atoms with Gasteiger partial charge in [-0.3, -0.25) is 4.79 Å². The van der Waals surface area contributed by atoms with E-state index in [0.29, 0.717) is 16.6 Å². The van der Waals surface area contributed by atoms with E-state index in [1.54, 1.807) is 32.1 Å². The molecule has 0 saturated heterocycles. The highest BCUT2D eigenvalue weighted by Crippen LogP contribution is 2.38. The van der Waals surface area contributed by atoms with E-state index in [9.17, 15) is 14.4 Å². The molecule has 0 aliphatic heterocycles. The fourth-order valence-electron chi connectivity index (χ4n) is 4.27. The molecule has 0 fully saturated rings. The molecule has 0 aromatic carbocycles. The van der Waals surface area contributed by atoms with Crippen LogP contribution in [0, 0.1) is 12.8 Å². The molecule has 198 valence electrons. The van der Waals surface area contributed by atoms with E-state index in [4.69, 9.17) is 9.47 Å². The second-order valence-corrected chi connectivity index (χ2v) is 11.7. The highest BCUT2D eigenvalue weighted by Gasteiger charge is 2.28. The molecule has 1 aliphatic carbocycles. The van der Waals surface area contributed by atoms with Crippen molar-refractivity contribution in [2.45, 2.75) is 52.1 Å². The summed E-state index contributed by atoms with van der Waals surface area (Å²) in [5, 5.41) is 14.5. The molecule has 3 heterocycles. The molecule has 1 aliphatic rings. The van der Waals surface area contributed by atoms with Crippen LogP contribution < -0.4 is 5.32 Å². The Kier molecular flexibility index (Phi) is 8.71. The highest BCUT2D eigenvalue weighted by atomic mass is 32.2. The number of thioether (sulfide) groups is 1. The van der Waals surface area contributed by atoms with Gasteiger partial charge in [-0.2, -0.15) is 0 Å². The number of aromatic nitrogens is 3. The molecule has 1 N–H and O–H groups in total. The van der Waals surface area contributed by atoms with E-state index in [-0.39, 0.29) is 40.3 Å². The van der Waals surface area contributed by atoms with Crippen LogP contribution in [0.5, 0.6) is 0 Å². The standard InChI is InChI=1S/C25H30N4O5S3/c1-6-33-23(31)19-14(4)20(24(32)34-7-2)37-22(19)26-18(30)12-36-25-28-27-21(29(25)5)16-11-35-17-10-13(3)8-9-15(16)17/h11,13H,6-10,12H2,1-5H3,(H,26,30). The second kappa shape index (κ2) is 11.8. The lowest BCUT2D eigenvalue weighted by Crippen LogP contribution is -2.16. The summed E-state index contributed by atoms with van der Waals surface area (Å²) < 4.78 is 12.2. The van der Waals surface area contributed by atoms with Gasteiger partial charge in [0.2, 0.25) is 5.91 Å². The normalized spacial score (nSPS) is 14.8. The quantitative estimate of drug-likeness (QED) is 0.282. The number of hydrogen-bond donors (Lipinski definition) is 1. The zero-order chi connectivity index (χ0) is 26.7. The van der Waals surface area contributed by atoms with Crippen LogP contribution in [-0.4, -0.2) is 51.6 Å². The van der Waals surface area contributed by atoms with Gasteiger partial charge in [0.25, 0.3) is 0 Å². The molecule has 4 rings (SSSR count). The van der Waals surface area contributed by atoms with Gasteiger partial charge in [0.05, 0.1) is 24.5 Å². The predicted octanol–water partition coefficient (Wildman–Crippen LogP) is 5.12. The van der Waals surface area contributed by atoms with Gasteiger partial charge in [0.1, 0.15) is 9.88 Å². The molecule has 0 spiro atoms. The summed E-state index contributed by atoms with van der Waals surface area (Å²) in [6, 6.07) is 0. The monoisotopic (exact) mass is 562 g/mol. The summed E-state index contributed by atoms with van der Waals surface area (Å²) in [7, 11) is 1.90. The van der Waals surface area contributed by atoms with Crippen LogP contribution in [0.15, 0.2) is 10.5 Å². The lowest BCUT2D eigenvalue weighted by molar-refractivity contribution is -0.113. The number of rotatable bonds is 9. The van der Waals surface area contributed by atoms with Gasteiger partial charge in [0.15, 0.2) is 11.0 Å². The minimum Gasteiger partial charge on any atom is -0.462 e. The van der Waals surface area contributed by atoms with Crippen LogP contribution in [0.25, 0.3) is 11.4 Å². The van der Waals surface area contributed by atoms with Gasteiger partial charge in [-0.1, -0.05) is 18.7 Å². The van der Waals surface area contributed by atoms with E-state index in [1.165, 1.54) is 28.6 Å². The smallest absolute Gasteiger partial charge is 0.348 e. The fourth-order valence-corrected chi connectivity index (χ4v) is 7.33. The van der Waals surface area contributed by atoms with Crippen molar-refractivity contribution >= 4 is 57.3 Å². The first-order valence-corrected chi connectivity index (χ1v) is 14.8. The van der Waals surface area contributed by atoms with Crippen molar-refractivity contribution in [3.8, 4) is 11.4 Å². The molecule has 37 heavy (non-hydrogen) atoms. The second-order valence-electron chi connectivity index (χ2n) is 8.80. The third kappa shape index (κ3) is 5.75. The first kappa shape index (κ1) is 27.3. The zero-order valence-electron chi connectivity index (χ0n) is 21.5. The van der Waals surface area contributed by atoms with Crippen LogP contribution in [0.3, 0.4) is 0 Å². The highest BCUT2D eigenvalue weighted by molar-refractivity contribution is 7.99. The van der Waals surface area contributed by atoms with E-state index in [0.717, 1.165) is 35.6 Å². The number of anilines is 1. The first-order chi connectivity index (χ1) is 17.7. The molecule has 9 nitrogen and oxygen atoms in total. The van der Waals surface area contributed by atoms with Crippen LogP contribution in [-0.2, 0) is 34.2 Å². The van der Waals surface area contributed by atoms with Crippen LogP contribution in [0.2, 0.25) is 0 Å². The summed E-state index contributed by atoms with van der Waals surface area (Å²) in [6.07, 6.45) is 3.32. The van der Waals surface area contributed by atoms with E-state index in [2.05, 4.69) is 27.8 Å². The Morgan fingerprint density at radius 1 is 1.19 bits per heavy atom. The molecule has 1 unspecified atom stereocenters. The lowest BCUT2D eigenvalue weighted by atomic mass is 9.88. The van der Waals surface area contributed by atoms with E-state index >= 15 is 0 Å². The molecule has 1 atom stereocenters. The van der Waals surface area contributed by atoms with Gasteiger partial charge >= 0.3 is 11.9 Å². The van der Waals surface area contributed by atoms with E-state index < -0.39 is 11.9 Å². The van der Waals surface area contributed by atoms with Gasteiger partial charge in [-0.25, -0.2) is 9.59 Å². The van der Waals surface area contributed by atoms with Gasteiger partial charge in [-0.05, 0) is 57.1 Å². The van der Waals surface area contributed by atoms with Crippen molar-refractivity contribution in [3.05, 3.63) is 31.8 Å². The average molecular weight is 563 g/mol. The number of nitrogens with one attached hydrogen (secondary N) is 1.